The van der Waals surface area contributed by atoms with E-state index in [1.165, 1.54) is 28.0 Å². The van der Waals surface area contributed by atoms with Crippen LogP contribution in [0, 0.1) is 10.1 Å². The number of rotatable bonds is 6. The highest BCUT2D eigenvalue weighted by Crippen LogP contribution is 2.03. The standard InChI is InChI=1S/C12H11N7O4/c20-11(13-6-9-2-1-5-23-9)10-3-4-17(15-10)8-18-7-14-12(16-18)19(21)22/h1-5,7H,6,8H2,(H,13,20). The van der Waals surface area contributed by atoms with Crippen LogP contribution in [0.15, 0.2) is 41.4 Å². The van der Waals surface area contributed by atoms with E-state index in [-0.39, 0.29) is 24.8 Å². The van der Waals surface area contributed by atoms with Crippen LogP contribution in [-0.4, -0.2) is 35.4 Å². The van der Waals surface area contributed by atoms with E-state index in [9.17, 15) is 14.9 Å². The zero-order valence-electron chi connectivity index (χ0n) is 11.7. The molecule has 23 heavy (non-hydrogen) atoms. The maximum absolute atomic E-state index is 11.9. The fraction of sp³-hybridized carbons (Fsp3) is 0.167. The number of carbonyl (C=O) groups excluding carboxylic acids is 1. The van der Waals surface area contributed by atoms with Gasteiger partial charge in [0.2, 0.25) is 6.33 Å². The third-order valence-electron chi connectivity index (χ3n) is 2.85. The zero-order chi connectivity index (χ0) is 16.2. The van der Waals surface area contributed by atoms with Crippen LogP contribution in [-0.2, 0) is 13.2 Å². The van der Waals surface area contributed by atoms with Crippen molar-refractivity contribution in [3.05, 3.63) is 58.6 Å². The molecule has 0 bridgehead atoms. The first-order chi connectivity index (χ1) is 11.1. The molecular weight excluding hydrogens is 306 g/mol. The number of amides is 1. The third kappa shape index (κ3) is 3.40. The molecule has 0 unspecified atom stereocenters. The average molecular weight is 317 g/mol. The highest BCUT2D eigenvalue weighted by Gasteiger charge is 2.14. The van der Waals surface area contributed by atoms with Gasteiger partial charge in [-0.05, 0) is 23.1 Å². The molecule has 0 aliphatic carbocycles. The van der Waals surface area contributed by atoms with E-state index >= 15 is 0 Å². The molecule has 0 atom stereocenters. The van der Waals surface area contributed by atoms with E-state index in [4.69, 9.17) is 4.42 Å². The van der Waals surface area contributed by atoms with Gasteiger partial charge >= 0.3 is 5.95 Å². The quantitative estimate of drug-likeness (QED) is 0.514. The number of nitrogens with zero attached hydrogens (tertiary/aromatic N) is 6. The maximum atomic E-state index is 11.9. The van der Waals surface area contributed by atoms with Gasteiger partial charge in [0, 0.05) is 11.3 Å². The molecule has 11 heteroatoms. The summed E-state index contributed by atoms with van der Waals surface area (Å²) in [5.41, 5.74) is 0.214. The molecule has 3 aromatic rings. The van der Waals surface area contributed by atoms with Gasteiger partial charge in [-0.3, -0.25) is 4.79 Å². The maximum Gasteiger partial charge on any atom is 0.491 e. The lowest BCUT2D eigenvalue weighted by atomic mass is 10.4. The number of aromatic nitrogens is 5. The fourth-order valence-electron chi connectivity index (χ4n) is 1.82. The first-order valence-corrected chi connectivity index (χ1v) is 6.50. The molecule has 0 aromatic carbocycles. The second-order valence-corrected chi connectivity index (χ2v) is 4.49. The van der Waals surface area contributed by atoms with Crippen molar-refractivity contribution in [2.75, 3.05) is 0 Å². The Morgan fingerprint density at radius 1 is 1.35 bits per heavy atom. The van der Waals surface area contributed by atoms with E-state index < -0.39 is 10.9 Å². The molecule has 3 rings (SSSR count). The molecule has 0 fully saturated rings. The van der Waals surface area contributed by atoms with E-state index in [0.717, 1.165) is 0 Å². The highest BCUT2D eigenvalue weighted by molar-refractivity contribution is 5.92. The van der Waals surface area contributed by atoms with Crippen molar-refractivity contribution in [3.8, 4) is 0 Å². The summed E-state index contributed by atoms with van der Waals surface area (Å²) in [6.07, 6.45) is 4.30. The Morgan fingerprint density at radius 2 is 2.22 bits per heavy atom. The minimum absolute atomic E-state index is 0.103. The van der Waals surface area contributed by atoms with Crippen LogP contribution >= 0.6 is 0 Å². The first kappa shape index (κ1) is 14.4. The Bertz CT molecular complexity index is 820. The number of furan rings is 1. The summed E-state index contributed by atoms with van der Waals surface area (Å²) in [6.45, 7) is 0.361. The highest BCUT2D eigenvalue weighted by atomic mass is 16.6. The lowest BCUT2D eigenvalue weighted by molar-refractivity contribution is -0.394. The fourth-order valence-corrected chi connectivity index (χ4v) is 1.82. The molecular formula is C12H11N7O4. The Balaban J connectivity index is 1.60. The molecule has 0 aliphatic rings. The first-order valence-electron chi connectivity index (χ1n) is 6.50. The van der Waals surface area contributed by atoms with Crippen molar-refractivity contribution in [2.24, 2.45) is 0 Å². The predicted molar refractivity (Wildman–Crippen MR) is 74.2 cm³/mol. The van der Waals surface area contributed by atoms with Crippen LogP contribution in [0.25, 0.3) is 0 Å². The Hall–Kier alpha value is -3.50. The van der Waals surface area contributed by atoms with E-state index in [0.29, 0.717) is 5.76 Å². The van der Waals surface area contributed by atoms with Crippen LogP contribution in [0.4, 0.5) is 5.95 Å². The smallest absolute Gasteiger partial charge is 0.467 e. The molecule has 1 amide bonds. The van der Waals surface area contributed by atoms with Crippen molar-refractivity contribution in [3.63, 3.8) is 0 Å². The van der Waals surface area contributed by atoms with Crippen molar-refractivity contribution >= 4 is 11.9 Å². The van der Waals surface area contributed by atoms with E-state index in [1.54, 1.807) is 18.3 Å². The number of nitro groups is 1. The van der Waals surface area contributed by atoms with Gasteiger partial charge in [-0.25, -0.2) is 4.68 Å². The molecule has 1 N–H and O–H groups in total. The van der Waals surface area contributed by atoms with Gasteiger partial charge in [0.1, 0.15) is 11.5 Å². The summed E-state index contributed by atoms with van der Waals surface area (Å²) in [6, 6.07) is 5.01. The molecule has 0 saturated heterocycles. The average Bonchev–Trinajstić information content (AvgIpc) is 3.27. The van der Waals surface area contributed by atoms with Gasteiger partial charge in [0.25, 0.3) is 5.91 Å². The molecule has 11 nitrogen and oxygen atoms in total. The number of carbonyl (C=O) groups is 1. The Kier molecular flexibility index (Phi) is 3.82. The molecule has 3 heterocycles. The summed E-state index contributed by atoms with van der Waals surface area (Å²) >= 11 is 0. The van der Waals surface area contributed by atoms with Crippen molar-refractivity contribution < 1.29 is 14.1 Å². The summed E-state index contributed by atoms with van der Waals surface area (Å²) in [7, 11) is 0. The molecule has 0 radical (unpaired) electrons. The summed E-state index contributed by atoms with van der Waals surface area (Å²) in [4.78, 5) is 25.3. The normalized spacial score (nSPS) is 10.6. The van der Waals surface area contributed by atoms with Gasteiger partial charge in [-0.15, -0.1) is 0 Å². The second-order valence-electron chi connectivity index (χ2n) is 4.49. The van der Waals surface area contributed by atoms with Crippen LogP contribution in [0.3, 0.4) is 0 Å². The van der Waals surface area contributed by atoms with E-state index in [1.807, 2.05) is 0 Å². The molecule has 0 spiro atoms. The molecule has 3 aromatic heterocycles. The van der Waals surface area contributed by atoms with Gasteiger partial charge < -0.3 is 19.8 Å². The number of nitrogens with one attached hydrogen (secondary N) is 1. The van der Waals surface area contributed by atoms with Gasteiger partial charge in [-0.2, -0.15) is 9.78 Å². The molecule has 0 aliphatic heterocycles. The second kappa shape index (κ2) is 6.09. The monoisotopic (exact) mass is 317 g/mol. The summed E-state index contributed by atoms with van der Waals surface area (Å²) in [5, 5.41) is 20.9. The molecule has 0 saturated carbocycles. The largest absolute Gasteiger partial charge is 0.491 e. The molecule has 118 valence electrons. The number of hydrogen-bond acceptors (Lipinski definition) is 7. The van der Waals surface area contributed by atoms with Gasteiger partial charge in [0.05, 0.1) is 12.8 Å². The van der Waals surface area contributed by atoms with Crippen LogP contribution in [0.2, 0.25) is 0 Å². The van der Waals surface area contributed by atoms with Crippen LogP contribution < -0.4 is 5.32 Å². The lowest BCUT2D eigenvalue weighted by Gasteiger charge is -2.00. The number of hydrogen-bond donors (Lipinski definition) is 1. The topological polar surface area (TPSA) is 134 Å². The van der Waals surface area contributed by atoms with Crippen molar-refractivity contribution in [2.45, 2.75) is 13.2 Å². The van der Waals surface area contributed by atoms with Gasteiger partial charge in [-0.1, -0.05) is 4.98 Å². The van der Waals surface area contributed by atoms with Crippen molar-refractivity contribution in [1.29, 1.82) is 0 Å². The summed E-state index contributed by atoms with van der Waals surface area (Å²) in [5.74, 6) is -0.217. The van der Waals surface area contributed by atoms with Gasteiger partial charge in [0.15, 0.2) is 6.67 Å². The SMILES string of the molecule is O=C(NCc1ccco1)c1ccn(Cn2cnc([N+](=O)[O-])n2)n1. The lowest BCUT2D eigenvalue weighted by Crippen LogP contribution is -2.23. The Labute approximate surface area is 128 Å². The Morgan fingerprint density at radius 3 is 2.91 bits per heavy atom. The minimum atomic E-state index is -0.687. The van der Waals surface area contributed by atoms with Crippen LogP contribution in [0.1, 0.15) is 16.2 Å². The minimum Gasteiger partial charge on any atom is -0.467 e. The zero-order valence-corrected chi connectivity index (χ0v) is 11.7. The van der Waals surface area contributed by atoms with E-state index in [2.05, 4.69) is 20.5 Å². The van der Waals surface area contributed by atoms with Crippen LogP contribution in [0.5, 0.6) is 0 Å². The third-order valence-corrected chi connectivity index (χ3v) is 2.85. The predicted octanol–water partition coefficient (Wildman–Crippen LogP) is 0.412. The van der Waals surface area contributed by atoms with Crippen molar-refractivity contribution in [1.82, 2.24) is 29.9 Å². The summed E-state index contributed by atoms with van der Waals surface area (Å²) < 4.78 is 7.77.